The lowest BCUT2D eigenvalue weighted by molar-refractivity contribution is -0.121. The second kappa shape index (κ2) is 10.3. The average Bonchev–Trinajstić information content (AvgIpc) is 2.85. The number of hydrogen-bond donors (Lipinski definition) is 1. The first-order valence-corrected chi connectivity index (χ1v) is 11.0. The van der Waals surface area contributed by atoms with Gasteiger partial charge in [0, 0.05) is 56.2 Å². The van der Waals surface area contributed by atoms with E-state index in [1.807, 2.05) is 61.8 Å². The van der Waals surface area contributed by atoms with Gasteiger partial charge in [-0.1, -0.05) is 42.5 Å². The van der Waals surface area contributed by atoms with E-state index in [4.69, 9.17) is 0 Å². The predicted molar refractivity (Wildman–Crippen MR) is 125 cm³/mol. The van der Waals surface area contributed by atoms with Crippen molar-refractivity contribution in [3.63, 3.8) is 0 Å². The first-order valence-electron chi connectivity index (χ1n) is 11.0. The molecule has 0 saturated carbocycles. The number of carbonyl (C=O) groups is 2. The van der Waals surface area contributed by atoms with Crippen LogP contribution in [0.2, 0.25) is 0 Å². The van der Waals surface area contributed by atoms with E-state index in [-0.39, 0.29) is 17.7 Å². The molecule has 4 rings (SSSR count). The minimum absolute atomic E-state index is 0.0964. The highest BCUT2D eigenvalue weighted by molar-refractivity contribution is 6.14. The van der Waals surface area contributed by atoms with Crippen molar-refractivity contribution in [1.82, 2.24) is 14.8 Å². The maximum Gasteiger partial charge on any atom is 0.241 e. The number of aromatic nitrogens is 1. The van der Waals surface area contributed by atoms with Crippen molar-refractivity contribution in [1.29, 1.82) is 0 Å². The molecule has 0 radical (unpaired) electrons. The van der Waals surface area contributed by atoms with Gasteiger partial charge in [0.1, 0.15) is 0 Å². The van der Waals surface area contributed by atoms with Crippen LogP contribution in [0.3, 0.4) is 0 Å². The zero-order valence-corrected chi connectivity index (χ0v) is 18.3. The van der Waals surface area contributed by atoms with Crippen LogP contribution >= 0.6 is 0 Å². The summed E-state index contributed by atoms with van der Waals surface area (Å²) in [5.74, 6) is -0.195. The maximum atomic E-state index is 13.0. The Hall–Kier alpha value is -3.35. The summed E-state index contributed by atoms with van der Waals surface area (Å²) in [5, 5.41) is 2.99. The Kier molecular flexibility index (Phi) is 7.04. The predicted octanol–water partition coefficient (Wildman–Crippen LogP) is 3.46. The number of carbonyl (C=O) groups excluding carboxylic acids is 2. The normalized spacial score (nSPS) is 15.8. The Balaban J connectivity index is 1.36. The number of para-hydroxylation sites is 1. The van der Waals surface area contributed by atoms with Gasteiger partial charge in [-0.3, -0.25) is 24.4 Å². The van der Waals surface area contributed by atoms with Crippen molar-refractivity contribution in [3.05, 3.63) is 95.8 Å². The van der Waals surface area contributed by atoms with Gasteiger partial charge in [-0.15, -0.1) is 0 Å². The summed E-state index contributed by atoms with van der Waals surface area (Å²) in [6, 6.07) is 20.1. The van der Waals surface area contributed by atoms with Gasteiger partial charge in [0.2, 0.25) is 5.91 Å². The second-order valence-electron chi connectivity index (χ2n) is 8.07. The van der Waals surface area contributed by atoms with Crippen molar-refractivity contribution in [3.8, 4) is 0 Å². The molecule has 1 saturated heterocycles. The Morgan fingerprint density at radius 1 is 0.906 bits per heavy atom. The van der Waals surface area contributed by atoms with Crippen molar-refractivity contribution >= 4 is 17.4 Å². The molecule has 164 valence electrons. The highest BCUT2D eigenvalue weighted by Crippen LogP contribution is 2.20. The summed E-state index contributed by atoms with van der Waals surface area (Å²) in [6.07, 6.45) is 3.64. The van der Waals surface area contributed by atoms with Gasteiger partial charge >= 0.3 is 0 Å². The fourth-order valence-electron chi connectivity index (χ4n) is 3.99. The van der Waals surface area contributed by atoms with Crippen LogP contribution in [0.4, 0.5) is 5.69 Å². The number of nitrogens with zero attached hydrogens (tertiary/aromatic N) is 3. The van der Waals surface area contributed by atoms with Crippen molar-refractivity contribution in [2.45, 2.75) is 19.5 Å². The molecule has 3 aromatic rings. The molecule has 6 heteroatoms. The van der Waals surface area contributed by atoms with Crippen molar-refractivity contribution in [2.24, 2.45) is 0 Å². The molecule has 2 heterocycles. The van der Waals surface area contributed by atoms with Gasteiger partial charge in [-0.2, -0.15) is 0 Å². The summed E-state index contributed by atoms with van der Waals surface area (Å²) in [4.78, 5) is 34.6. The van der Waals surface area contributed by atoms with Crippen LogP contribution in [0.25, 0.3) is 0 Å². The summed E-state index contributed by atoms with van der Waals surface area (Å²) in [6.45, 7) is 6.28. The minimum Gasteiger partial charge on any atom is -0.324 e. The van der Waals surface area contributed by atoms with Crippen LogP contribution in [0, 0.1) is 0 Å². The highest BCUT2D eigenvalue weighted by atomic mass is 16.2. The number of benzene rings is 2. The molecule has 6 nitrogen and oxygen atoms in total. The van der Waals surface area contributed by atoms with Crippen LogP contribution < -0.4 is 5.32 Å². The van der Waals surface area contributed by atoms with Gasteiger partial charge in [0.05, 0.1) is 11.7 Å². The molecule has 0 spiro atoms. The number of hydrogen-bond acceptors (Lipinski definition) is 5. The van der Waals surface area contributed by atoms with Crippen LogP contribution in [0.1, 0.15) is 28.4 Å². The standard InChI is InChI=1S/C26H28N4O2/c1-20(30-17-15-29(16-18-30)19-21-11-13-27-14-12-21)26(32)28-24-10-6-5-9-23(24)25(31)22-7-3-2-4-8-22/h2-14,20H,15-19H2,1H3,(H,28,32). The lowest BCUT2D eigenvalue weighted by Crippen LogP contribution is -2.52. The van der Waals surface area contributed by atoms with E-state index in [0.29, 0.717) is 16.8 Å². The molecule has 1 unspecified atom stereocenters. The number of ketones is 1. The first-order chi connectivity index (χ1) is 15.6. The van der Waals surface area contributed by atoms with Crippen LogP contribution in [0.15, 0.2) is 79.1 Å². The smallest absolute Gasteiger partial charge is 0.241 e. The molecule has 0 aliphatic carbocycles. The van der Waals surface area contributed by atoms with E-state index < -0.39 is 0 Å². The molecule has 1 fully saturated rings. The van der Waals surface area contributed by atoms with E-state index >= 15 is 0 Å². The van der Waals surface area contributed by atoms with Crippen molar-refractivity contribution in [2.75, 3.05) is 31.5 Å². The molecule has 1 aliphatic rings. The third-order valence-corrected chi connectivity index (χ3v) is 5.96. The third-order valence-electron chi connectivity index (χ3n) is 5.96. The molecular weight excluding hydrogens is 400 g/mol. The fourth-order valence-corrected chi connectivity index (χ4v) is 3.99. The average molecular weight is 429 g/mol. The lowest BCUT2D eigenvalue weighted by Gasteiger charge is -2.37. The number of amides is 1. The van der Waals surface area contributed by atoms with Crippen LogP contribution in [-0.2, 0) is 11.3 Å². The first kappa shape index (κ1) is 21.9. The molecule has 1 atom stereocenters. The zero-order chi connectivity index (χ0) is 22.3. The molecule has 1 aromatic heterocycles. The van der Waals surface area contributed by atoms with Gasteiger partial charge in [0.15, 0.2) is 5.78 Å². The van der Waals surface area contributed by atoms with Crippen LogP contribution in [-0.4, -0.2) is 58.7 Å². The van der Waals surface area contributed by atoms with Gasteiger partial charge < -0.3 is 5.32 Å². The van der Waals surface area contributed by atoms with Gasteiger partial charge in [-0.25, -0.2) is 0 Å². The topological polar surface area (TPSA) is 65.5 Å². The number of pyridine rings is 1. The molecule has 1 N–H and O–H groups in total. The Labute approximate surface area is 188 Å². The number of anilines is 1. The van der Waals surface area contributed by atoms with E-state index in [0.717, 1.165) is 32.7 Å². The Morgan fingerprint density at radius 3 is 2.28 bits per heavy atom. The third kappa shape index (κ3) is 5.28. The maximum absolute atomic E-state index is 13.0. The number of nitrogens with one attached hydrogen (secondary N) is 1. The number of rotatable bonds is 7. The fraction of sp³-hybridized carbons (Fsp3) is 0.269. The second-order valence-corrected chi connectivity index (χ2v) is 8.07. The minimum atomic E-state index is -0.280. The van der Waals surface area contributed by atoms with Crippen LogP contribution in [0.5, 0.6) is 0 Å². The van der Waals surface area contributed by atoms with Crippen molar-refractivity contribution < 1.29 is 9.59 Å². The van der Waals surface area contributed by atoms with Gasteiger partial charge in [-0.05, 0) is 36.8 Å². The monoisotopic (exact) mass is 428 g/mol. The van der Waals surface area contributed by atoms with E-state index in [1.54, 1.807) is 24.3 Å². The summed E-state index contributed by atoms with van der Waals surface area (Å²) < 4.78 is 0. The molecule has 2 aromatic carbocycles. The summed E-state index contributed by atoms with van der Waals surface area (Å²) in [5.41, 5.74) is 2.91. The van der Waals surface area contributed by atoms with Gasteiger partial charge in [0.25, 0.3) is 0 Å². The Bertz CT molecular complexity index is 1050. The molecule has 1 amide bonds. The molecule has 1 aliphatic heterocycles. The molecule has 0 bridgehead atoms. The lowest BCUT2D eigenvalue weighted by atomic mass is 10.0. The highest BCUT2D eigenvalue weighted by Gasteiger charge is 2.26. The molecular formula is C26H28N4O2. The number of piperazine rings is 1. The Morgan fingerprint density at radius 2 is 1.56 bits per heavy atom. The summed E-state index contributed by atoms with van der Waals surface area (Å²) >= 11 is 0. The largest absolute Gasteiger partial charge is 0.324 e. The quantitative estimate of drug-likeness (QED) is 0.584. The molecule has 32 heavy (non-hydrogen) atoms. The van der Waals surface area contributed by atoms with E-state index in [9.17, 15) is 9.59 Å². The zero-order valence-electron chi connectivity index (χ0n) is 18.3. The van der Waals surface area contributed by atoms with E-state index in [2.05, 4.69) is 20.1 Å². The SMILES string of the molecule is CC(C(=O)Nc1ccccc1C(=O)c1ccccc1)N1CCN(Cc2ccncc2)CC1. The summed E-state index contributed by atoms with van der Waals surface area (Å²) in [7, 11) is 0. The van der Waals surface area contributed by atoms with E-state index in [1.165, 1.54) is 5.56 Å².